The van der Waals surface area contributed by atoms with Crippen LogP contribution in [0.4, 0.5) is 5.95 Å². The molecule has 0 fully saturated rings. The van der Waals surface area contributed by atoms with Crippen molar-refractivity contribution in [1.29, 1.82) is 0 Å². The lowest BCUT2D eigenvalue weighted by Crippen LogP contribution is -1.98. The fraction of sp³-hybridized carbons (Fsp3) is 0. The van der Waals surface area contributed by atoms with E-state index in [0.29, 0.717) is 0 Å². The van der Waals surface area contributed by atoms with E-state index in [-0.39, 0.29) is 5.95 Å². The Bertz CT molecular complexity index is 729. The summed E-state index contributed by atoms with van der Waals surface area (Å²) in [7, 11) is 0. The lowest BCUT2D eigenvalue weighted by Gasteiger charge is -2.05. The van der Waals surface area contributed by atoms with E-state index in [1.165, 1.54) is 0 Å². The molecular formula is C13H11N5. The molecule has 0 aliphatic heterocycles. The van der Waals surface area contributed by atoms with Crippen LogP contribution >= 0.6 is 0 Å². The van der Waals surface area contributed by atoms with Gasteiger partial charge in [0.25, 0.3) is 0 Å². The smallest absolute Gasteiger partial charge is 0.220 e. The number of aromatic nitrogens is 4. The number of hydrogen-bond acceptors (Lipinski definition) is 4. The molecule has 2 heterocycles. The van der Waals surface area contributed by atoms with Crippen LogP contribution in [0.2, 0.25) is 0 Å². The Kier molecular flexibility index (Phi) is 2.30. The highest BCUT2D eigenvalue weighted by Gasteiger charge is 2.07. The van der Waals surface area contributed by atoms with Crippen LogP contribution < -0.4 is 5.73 Å². The third-order valence-corrected chi connectivity index (χ3v) is 2.77. The highest BCUT2D eigenvalue weighted by atomic mass is 15.1. The fourth-order valence-electron chi connectivity index (χ4n) is 1.88. The first-order chi connectivity index (χ1) is 8.78. The number of anilines is 1. The molecule has 0 unspecified atom stereocenters. The van der Waals surface area contributed by atoms with Gasteiger partial charge in [-0.15, -0.1) is 0 Å². The van der Waals surface area contributed by atoms with Crippen molar-refractivity contribution < 1.29 is 0 Å². The molecule has 18 heavy (non-hydrogen) atoms. The van der Waals surface area contributed by atoms with Crippen LogP contribution in [0, 0.1) is 0 Å². The van der Waals surface area contributed by atoms with E-state index in [0.717, 1.165) is 27.7 Å². The Morgan fingerprint density at radius 1 is 1.28 bits per heavy atom. The van der Waals surface area contributed by atoms with Crippen LogP contribution in [0.3, 0.4) is 0 Å². The standard InChI is InChI=1S/C13H11N5/c1-2-8-6-15-13(14)17-12(8)9-3-4-11-10(5-9)7-16-18-11/h2-7H,1H2,(H,16,18)(H2,14,15,17). The number of nitrogen functional groups attached to an aromatic ring is 1. The van der Waals surface area contributed by atoms with Gasteiger partial charge in [-0.25, -0.2) is 9.97 Å². The van der Waals surface area contributed by atoms with Gasteiger partial charge in [0.1, 0.15) is 0 Å². The summed E-state index contributed by atoms with van der Waals surface area (Å²) >= 11 is 0. The normalized spacial score (nSPS) is 10.7. The first kappa shape index (κ1) is 10.5. The van der Waals surface area contributed by atoms with Crippen molar-refractivity contribution in [1.82, 2.24) is 20.2 Å². The zero-order valence-corrected chi connectivity index (χ0v) is 9.59. The van der Waals surface area contributed by atoms with Crippen molar-refractivity contribution in [2.45, 2.75) is 0 Å². The van der Waals surface area contributed by atoms with Crippen molar-refractivity contribution in [2.24, 2.45) is 0 Å². The minimum absolute atomic E-state index is 0.253. The Labute approximate surface area is 103 Å². The third kappa shape index (κ3) is 1.62. The number of nitrogens with zero attached hydrogens (tertiary/aromatic N) is 3. The van der Waals surface area contributed by atoms with E-state index in [2.05, 4.69) is 26.7 Å². The fourth-order valence-corrected chi connectivity index (χ4v) is 1.88. The summed E-state index contributed by atoms with van der Waals surface area (Å²) in [5.74, 6) is 0.253. The summed E-state index contributed by atoms with van der Waals surface area (Å²) in [6, 6.07) is 5.94. The zero-order valence-electron chi connectivity index (χ0n) is 9.59. The van der Waals surface area contributed by atoms with Gasteiger partial charge in [-0.2, -0.15) is 5.10 Å². The largest absolute Gasteiger partial charge is 0.368 e. The molecule has 0 aliphatic carbocycles. The van der Waals surface area contributed by atoms with Crippen LogP contribution in [0.5, 0.6) is 0 Å². The molecule has 3 rings (SSSR count). The van der Waals surface area contributed by atoms with E-state index in [1.807, 2.05) is 18.2 Å². The van der Waals surface area contributed by atoms with Crippen molar-refractivity contribution in [3.8, 4) is 11.3 Å². The quantitative estimate of drug-likeness (QED) is 0.716. The van der Waals surface area contributed by atoms with Gasteiger partial charge in [-0.1, -0.05) is 18.7 Å². The highest BCUT2D eigenvalue weighted by Crippen LogP contribution is 2.25. The molecule has 0 amide bonds. The number of benzene rings is 1. The molecule has 0 spiro atoms. The molecule has 2 aromatic heterocycles. The van der Waals surface area contributed by atoms with Crippen LogP contribution in [-0.4, -0.2) is 20.2 Å². The number of H-pyrrole nitrogens is 1. The number of nitrogens with two attached hydrogens (primary N) is 1. The molecule has 0 atom stereocenters. The van der Waals surface area contributed by atoms with E-state index in [1.54, 1.807) is 18.5 Å². The number of nitrogens with one attached hydrogen (secondary N) is 1. The maximum absolute atomic E-state index is 5.64. The maximum atomic E-state index is 5.64. The minimum Gasteiger partial charge on any atom is -0.368 e. The van der Waals surface area contributed by atoms with E-state index in [9.17, 15) is 0 Å². The molecule has 5 nitrogen and oxygen atoms in total. The number of aromatic amines is 1. The second-order valence-electron chi connectivity index (χ2n) is 3.91. The summed E-state index contributed by atoms with van der Waals surface area (Å²) in [5.41, 5.74) is 9.22. The van der Waals surface area contributed by atoms with Crippen LogP contribution in [0.15, 0.2) is 37.2 Å². The van der Waals surface area contributed by atoms with Gasteiger partial charge in [0.05, 0.1) is 17.4 Å². The average molecular weight is 237 g/mol. The number of rotatable bonds is 2. The molecule has 0 bridgehead atoms. The Balaban J connectivity index is 2.24. The van der Waals surface area contributed by atoms with E-state index in [4.69, 9.17) is 5.73 Å². The molecule has 0 saturated heterocycles. The average Bonchev–Trinajstić information content (AvgIpc) is 2.85. The Morgan fingerprint density at radius 2 is 2.17 bits per heavy atom. The first-order valence-corrected chi connectivity index (χ1v) is 5.46. The number of hydrogen-bond donors (Lipinski definition) is 2. The van der Waals surface area contributed by atoms with Gasteiger partial charge >= 0.3 is 0 Å². The predicted octanol–water partition coefficient (Wildman–Crippen LogP) is 2.25. The lowest BCUT2D eigenvalue weighted by molar-refractivity contribution is 1.12. The second-order valence-corrected chi connectivity index (χ2v) is 3.91. The highest BCUT2D eigenvalue weighted by molar-refractivity contribution is 5.85. The van der Waals surface area contributed by atoms with Gasteiger partial charge < -0.3 is 5.73 Å². The molecule has 0 aliphatic rings. The minimum atomic E-state index is 0.253. The van der Waals surface area contributed by atoms with Gasteiger partial charge in [0.15, 0.2) is 0 Å². The van der Waals surface area contributed by atoms with Gasteiger partial charge in [-0.3, -0.25) is 5.10 Å². The van der Waals surface area contributed by atoms with Crippen LogP contribution in [0.25, 0.3) is 28.2 Å². The molecule has 5 heteroatoms. The number of fused-ring (bicyclic) bond motifs is 1. The molecule has 1 aromatic carbocycles. The van der Waals surface area contributed by atoms with Crippen LogP contribution in [-0.2, 0) is 0 Å². The molecule has 0 radical (unpaired) electrons. The van der Waals surface area contributed by atoms with Crippen molar-refractivity contribution in [3.05, 3.63) is 42.7 Å². The van der Waals surface area contributed by atoms with Gasteiger partial charge in [0.2, 0.25) is 5.95 Å². The zero-order chi connectivity index (χ0) is 12.5. The van der Waals surface area contributed by atoms with Crippen molar-refractivity contribution in [2.75, 3.05) is 5.73 Å². The lowest BCUT2D eigenvalue weighted by atomic mass is 10.1. The van der Waals surface area contributed by atoms with E-state index >= 15 is 0 Å². The SMILES string of the molecule is C=Cc1cnc(N)nc1-c1ccc2[nH]ncc2c1. The summed E-state index contributed by atoms with van der Waals surface area (Å²) < 4.78 is 0. The molecule has 3 aromatic rings. The summed E-state index contributed by atoms with van der Waals surface area (Å²) in [5, 5.41) is 7.93. The van der Waals surface area contributed by atoms with E-state index < -0.39 is 0 Å². The molecule has 0 saturated carbocycles. The van der Waals surface area contributed by atoms with Crippen molar-refractivity contribution >= 4 is 22.9 Å². The van der Waals surface area contributed by atoms with Gasteiger partial charge in [0, 0.05) is 22.7 Å². The Morgan fingerprint density at radius 3 is 3.00 bits per heavy atom. The Hall–Kier alpha value is -2.69. The van der Waals surface area contributed by atoms with Crippen LogP contribution in [0.1, 0.15) is 5.56 Å². The maximum Gasteiger partial charge on any atom is 0.220 e. The summed E-state index contributed by atoms with van der Waals surface area (Å²) in [4.78, 5) is 8.24. The summed E-state index contributed by atoms with van der Waals surface area (Å²) in [6.07, 6.45) is 5.16. The van der Waals surface area contributed by atoms with Gasteiger partial charge in [-0.05, 0) is 12.1 Å². The molecule has 88 valence electrons. The monoisotopic (exact) mass is 237 g/mol. The molecular weight excluding hydrogens is 226 g/mol. The first-order valence-electron chi connectivity index (χ1n) is 5.46. The topological polar surface area (TPSA) is 80.5 Å². The third-order valence-electron chi connectivity index (χ3n) is 2.77. The van der Waals surface area contributed by atoms with Crippen molar-refractivity contribution in [3.63, 3.8) is 0 Å². The predicted molar refractivity (Wildman–Crippen MR) is 71.6 cm³/mol. The second kappa shape index (κ2) is 3.96. The summed E-state index contributed by atoms with van der Waals surface area (Å²) in [6.45, 7) is 3.76. The molecule has 3 N–H and O–H groups in total.